The maximum atomic E-state index is 12.4. The van der Waals surface area contributed by atoms with Gasteiger partial charge in [-0.3, -0.25) is 24.2 Å². The van der Waals surface area contributed by atoms with Crippen molar-refractivity contribution in [3.8, 4) is 11.5 Å². The molecule has 4 atom stereocenters. The van der Waals surface area contributed by atoms with Crippen LogP contribution in [0.2, 0.25) is 10.0 Å². The summed E-state index contributed by atoms with van der Waals surface area (Å²) in [6.45, 7) is 2.20. The number of cyclic esters (lactones) is 2. The Bertz CT molecular complexity index is 2470. The number of nitrogens with one attached hydrogen (secondary N) is 3. The molecule has 350 valence electrons. The van der Waals surface area contributed by atoms with Crippen molar-refractivity contribution >= 4 is 89.4 Å². The van der Waals surface area contributed by atoms with Crippen molar-refractivity contribution in [1.82, 2.24) is 20.2 Å². The average molecular weight is 968 g/mol. The number of benzene rings is 2. The Balaban J connectivity index is 0.000000183. The van der Waals surface area contributed by atoms with Gasteiger partial charge in [0.1, 0.15) is 23.8 Å². The van der Waals surface area contributed by atoms with Crippen LogP contribution in [0.1, 0.15) is 41.5 Å². The first-order valence-electron chi connectivity index (χ1n) is 21.3. The Morgan fingerprint density at radius 3 is 1.80 bits per heavy atom. The van der Waals surface area contributed by atoms with Gasteiger partial charge in [-0.25, -0.2) is 19.6 Å². The zero-order valence-electron chi connectivity index (χ0n) is 35.9. The SMILES string of the molecule is CN(CCCC1CN(c2ccc3c(n2)NC(=O)CO3)C(=O)O1)C1Cc2cccc(Cl)c2C1.Cl.O=C1COc2ccc(N3CC(CCNC4Cc5cccc(Cl)c5C4)OC3=O)nc2N1.O=CO. The average Bonchev–Trinajstić information content (AvgIpc) is 4.09. The highest BCUT2D eigenvalue weighted by molar-refractivity contribution is 6.31. The van der Waals surface area contributed by atoms with Crippen LogP contribution in [0, 0.1) is 0 Å². The molecule has 0 radical (unpaired) electrons. The molecule has 2 aromatic heterocycles. The number of nitrogens with zero attached hydrogens (tertiary/aromatic N) is 5. The van der Waals surface area contributed by atoms with E-state index in [1.54, 1.807) is 24.3 Å². The molecule has 2 aromatic carbocycles. The third-order valence-electron chi connectivity index (χ3n) is 12.0. The summed E-state index contributed by atoms with van der Waals surface area (Å²) in [5.41, 5.74) is 5.14. The molecule has 2 saturated heterocycles. The van der Waals surface area contributed by atoms with Crippen LogP contribution in [0.15, 0.2) is 60.7 Å². The van der Waals surface area contributed by atoms with Gasteiger partial charge in [-0.05, 0) is 124 Å². The molecule has 4 aliphatic heterocycles. The first-order valence-corrected chi connectivity index (χ1v) is 22.1. The second-order valence-electron chi connectivity index (χ2n) is 16.3. The third-order valence-corrected chi connectivity index (χ3v) is 12.7. The van der Waals surface area contributed by atoms with E-state index < -0.39 is 12.2 Å². The molecule has 4 unspecified atom stereocenters. The lowest BCUT2D eigenvalue weighted by Gasteiger charge is -2.24. The fourth-order valence-electron chi connectivity index (χ4n) is 8.77. The number of pyridine rings is 2. The molecule has 6 heterocycles. The molecule has 66 heavy (non-hydrogen) atoms. The molecule has 0 spiro atoms. The summed E-state index contributed by atoms with van der Waals surface area (Å²) in [5, 5.41) is 17.4. The maximum absolute atomic E-state index is 12.4. The fourth-order valence-corrected chi connectivity index (χ4v) is 9.32. The summed E-state index contributed by atoms with van der Waals surface area (Å²) >= 11 is 12.6. The van der Waals surface area contributed by atoms with Crippen LogP contribution in [0.3, 0.4) is 0 Å². The van der Waals surface area contributed by atoms with Crippen LogP contribution in [0.4, 0.5) is 32.9 Å². The summed E-state index contributed by atoms with van der Waals surface area (Å²) in [6.07, 6.45) is 5.00. The van der Waals surface area contributed by atoms with E-state index in [1.807, 2.05) is 24.3 Å². The Kier molecular flexibility index (Phi) is 15.7. The van der Waals surface area contributed by atoms with Crippen LogP contribution in [-0.4, -0.2) is 121 Å². The van der Waals surface area contributed by atoms with E-state index in [0.717, 1.165) is 61.7 Å². The normalized spacial score (nSPS) is 20.8. The highest BCUT2D eigenvalue weighted by Crippen LogP contribution is 2.34. The lowest BCUT2D eigenvalue weighted by molar-refractivity contribution is -0.123. The standard InChI is InChI=1S/C23H25ClN4O4.C21H21ClN4O4.CH2O2.ClH/c1-27(15-10-14-4-2-6-18(24)17(14)11-15)9-3-5-16-12-28(23(30)32-16)20-8-7-19-22(25-20)26-21(29)13-31-19;22-16-3-1-2-12-8-13(9-15(12)16)23-7-6-14-10-26(21(28)30-14)18-5-4-17-20(24-18)25-19(27)11-29-17;2-1-3;/h2,4,6-8,15-16H,3,5,9-13H2,1H3,(H,25,26,29);1-5,13-14,23H,6-11H2,(H,24,25,27);1H,(H,2,3);1H. The predicted molar refractivity (Wildman–Crippen MR) is 248 cm³/mol. The molecule has 2 fully saturated rings. The number of anilines is 4. The van der Waals surface area contributed by atoms with Crippen LogP contribution in [0.5, 0.6) is 11.5 Å². The summed E-state index contributed by atoms with van der Waals surface area (Å²) in [6, 6.07) is 19.8. The molecule has 10 rings (SSSR count). The lowest BCUT2D eigenvalue weighted by atomic mass is 10.1. The van der Waals surface area contributed by atoms with Gasteiger partial charge in [-0.15, -0.1) is 12.4 Å². The van der Waals surface area contributed by atoms with Gasteiger partial charge in [0.2, 0.25) is 0 Å². The number of amides is 4. The summed E-state index contributed by atoms with van der Waals surface area (Å²) in [4.78, 5) is 70.2. The number of ether oxygens (including phenoxy) is 4. The molecule has 0 saturated carbocycles. The first-order chi connectivity index (χ1) is 31.5. The molecule has 4 aromatic rings. The van der Waals surface area contributed by atoms with Gasteiger partial charge < -0.3 is 44.9 Å². The quantitative estimate of drug-likeness (QED) is 0.128. The van der Waals surface area contributed by atoms with E-state index in [1.165, 1.54) is 32.1 Å². The number of hydrogen-bond acceptors (Lipinski definition) is 13. The third kappa shape index (κ3) is 11.2. The summed E-state index contributed by atoms with van der Waals surface area (Å²) in [7, 11) is 2.14. The largest absolute Gasteiger partial charge is 0.483 e. The Morgan fingerprint density at radius 1 is 0.758 bits per heavy atom. The van der Waals surface area contributed by atoms with Crippen LogP contribution >= 0.6 is 35.6 Å². The number of aromatic nitrogens is 2. The fraction of sp³-hybridized carbons (Fsp3) is 0.400. The monoisotopic (exact) mass is 966 g/mol. The Labute approximate surface area is 396 Å². The van der Waals surface area contributed by atoms with E-state index >= 15 is 0 Å². The molecular formula is C45H49Cl3N8O10. The Hall–Kier alpha value is -5.92. The topological polar surface area (TPSA) is 214 Å². The van der Waals surface area contributed by atoms with Gasteiger partial charge in [0, 0.05) is 22.1 Å². The Morgan fingerprint density at radius 2 is 1.27 bits per heavy atom. The number of hydrogen-bond donors (Lipinski definition) is 4. The van der Waals surface area contributed by atoms with Crippen molar-refractivity contribution in [2.45, 2.75) is 69.2 Å². The second kappa shape index (κ2) is 21.6. The minimum Gasteiger partial charge on any atom is -0.483 e. The lowest BCUT2D eigenvalue weighted by Crippen LogP contribution is -2.33. The smallest absolute Gasteiger partial charge is 0.415 e. The molecular weight excluding hydrogens is 919 g/mol. The molecule has 0 bridgehead atoms. The van der Waals surface area contributed by atoms with Crippen molar-refractivity contribution in [1.29, 1.82) is 0 Å². The number of likely N-dealkylation sites (N-methyl/N-ethyl adjacent to an activating group) is 1. The first kappa shape index (κ1) is 48.0. The van der Waals surface area contributed by atoms with Crippen molar-refractivity contribution in [2.24, 2.45) is 0 Å². The molecule has 2 aliphatic carbocycles. The highest BCUT2D eigenvalue weighted by Gasteiger charge is 2.36. The van der Waals surface area contributed by atoms with Gasteiger partial charge >= 0.3 is 12.2 Å². The summed E-state index contributed by atoms with van der Waals surface area (Å²) in [5.74, 6) is 1.98. The minimum atomic E-state index is -0.435. The molecule has 4 N–H and O–H groups in total. The minimum absolute atomic E-state index is 0. The van der Waals surface area contributed by atoms with Crippen LogP contribution in [0.25, 0.3) is 0 Å². The zero-order valence-corrected chi connectivity index (χ0v) is 38.2. The number of rotatable bonds is 11. The zero-order chi connectivity index (χ0) is 45.6. The van der Waals surface area contributed by atoms with E-state index in [0.29, 0.717) is 66.4 Å². The van der Waals surface area contributed by atoms with Crippen LogP contribution in [-0.2, 0) is 49.5 Å². The number of fused-ring (bicyclic) bond motifs is 4. The van der Waals surface area contributed by atoms with E-state index in [-0.39, 0.29) is 56.1 Å². The molecule has 4 amide bonds. The van der Waals surface area contributed by atoms with Gasteiger partial charge in [0.05, 0.1) is 13.1 Å². The van der Waals surface area contributed by atoms with Gasteiger partial charge in [0.25, 0.3) is 18.3 Å². The number of halogens is 3. The van der Waals surface area contributed by atoms with Crippen molar-refractivity contribution < 1.29 is 48.0 Å². The number of carbonyl (C=O) groups is 5. The molecule has 21 heteroatoms. The number of carbonyl (C=O) groups excluding carboxylic acids is 4. The molecule has 6 aliphatic rings. The maximum Gasteiger partial charge on any atom is 0.415 e. The van der Waals surface area contributed by atoms with E-state index in [2.05, 4.69) is 50.0 Å². The van der Waals surface area contributed by atoms with Gasteiger partial charge in [0.15, 0.2) is 36.3 Å². The van der Waals surface area contributed by atoms with E-state index in [9.17, 15) is 19.2 Å². The van der Waals surface area contributed by atoms with E-state index in [4.69, 9.17) is 52.1 Å². The van der Waals surface area contributed by atoms with Gasteiger partial charge in [-0.1, -0.05) is 47.5 Å². The van der Waals surface area contributed by atoms with Gasteiger partial charge in [-0.2, -0.15) is 0 Å². The highest BCUT2D eigenvalue weighted by atomic mass is 35.5. The van der Waals surface area contributed by atoms with Crippen molar-refractivity contribution in [2.75, 3.05) is 66.9 Å². The number of carboxylic acid groups (broad SMARTS) is 1. The van der Waals surface area contributed by atoms with Crippen molar-refractivity contribution in [3.63, 3.8) is 0 Å². The van der Waals surface area contributed by atoms with Crippen LogP contribution < -0.4 is 35.2 Å². The summed E-state index contributed by atoms with van der Waals surface area (Å²) < 4.78 is 21.7. The predicted octanol–water partition coefficient (Wildman–Crippen LogP) is 5.93. The molecule has 18 nitrogen and oxygen atoms in total. The van der Waals surface area contributed by atoms with Crippen molar-refractivity contribution in [3.05, 3.63) is 93.0 Å². The second-order valence-corrected chi connectivity index (χ2v) is 17.1.